The Hall–Kier alpha value is -3.17. The first-order valence-corrected chi connectivity index (χ1v) is 11.6. The molecule has 164 valence electrons. The van der Waals surface area contributed by atoms with E-state index in [1.807, 2.05) is 29.6 Å². The molecule has 0 aliphatic rings. The average molecular weight is 470 g/mol. The van der Waals surface area contributed by atoms with Crippen LogP contribution in [-0.4, -0.2) is 28.3 Å². The number of carbonyl (C=O) groups excluding carboxylic acids is 1. The van der Waals surface area contributed by atoms with E-state index in [1.165, 1.54) is 23.5 Å². The zero-order valence-electron chi connectivity index (χ0n) is 17.4. The topological polar surface area (TPSA) is 73.2 Å². The van der Waals surface area contributed by atoms with E-state index in [0.717, 1.165) is 22.9 Å². The van der Waals surface area contributed by atoms with Gasteiger partial charge in [-0.25, -0.2) is 9.37 Å². The number of anilines is 1. The van der Waals surface area contributed by atoms with Crippen molar-refractivity contribution in [3.05, 3.63) is 81.2 Å². The Morgan fingerprint density at radius 3 is 2.88 bits per heavy atom. The number of methoxy groups -OCH3 is 1. The number of aryl methyl sites for hydroxylation is 1. The maximum Gasteiger partial charge on any atom is 0.272 e. The van der Waals surface area contributed by atoms with Gasteiger partial charge >= 0.3 is 0 Å². The van der Waals surface area contributed by atoms with E-state index < -0.39 is 5.82 Å². The van der Waals surface area contributed by atoms with Gasteiger partial charge in [0.25, 0.3) is 5.56 Å². The lowest BCUT2D eigenvalue weighted by molar-refractivity contribution is -0.113. The summed E-state index contributed by atoms with van der Waals surface area (Å²) in [7, 11) is 1.58. The van der Waals surface area contributed by atoms with Gasteiger partial charge in [0.1, 0.15) is 16.3 Å². The molecule has 1 amide bonds. The van der Waals surface area contributed by atoms with Crippen molar-refractivity contribution in [1.82, 2.24) is 9.55 Å². The molecule has 2 heterocycles. The number of carbonyl (C=O) groups is 1. The number of nitrogens with zero attached hydrogens (tertiary/aromatic N) is 2. The second-order valence-corrected chi connectivity index (χ2v) is 8.89. The zero-order valence-corrected chi connectivity index (χ0v) is 19.1. The monoisotopic (exact) mass is 469 g/mol. The molecule has 9 heteroatoms. The lowest BCUT2D eigenvalue weighted by Crippen LogP contribution is -2.24. The summed E-state index contributed by atoms with van der Waals surface area (Å²) in [4.78, 5) is 30.3. The van der Waals surface area contributed by atoms with Gasteiger partial charge in [0, 0.05) is 11.3 Å². The Labute approximate surface area is 192 Å². The second-order valence-electron chi connectivity index (χ2n) is 7.03. The van der Waals surface area contributed by atoms with Crippen LogP contribution < -0.4 is 15.6 Å². The quantitative estimate of drug-likeness (QED) is 0.314. The van der Waals surface area contributed by atoms with E-state index in [1.54, 1.807) is 30.7 Å². The Bertz CT molecular complexity index is 1350. The third kappa shape index (κ3) is 4.68. The fraction of sp³-hybridized carbons (Fsp3) is 0.174. The normalized spacial score (nSPS) is 11.0. The molecule has 32 heavy (non-hydrogen) atoms. The molecule has 4 aromatic rings. The lowest BCUT2D eigenvalue weighted by atomic mass is 10.2. The summed E-state index contributed by atoms with van der Waals surface area (Å²) >= 11 is 2.49. The number of fused-ring (bicyclic) bond motifs is 1. The van der Waals surface area contributed by atoms with Crippen molar-refractivity contribution < 1.29 is 13.9 Å². The number of thiophene rings is 1. The highest BCUT2D eigenvalue weighted by molar-refractivity contribution is 7.99. The van der Waals surface area contributed by atoms with E-state index >= 15 is 0 Å². The Balaban J connectivity index is 1.61. The number of benzene rings is 2. The minimum absolute atomic E-state index is 0.0178. The fourth-order valence-corrected chi connectivity index (χ4v) is 4.80. The number of thioether (sulfide) groups is 1. The van der Waals surface area contributed by atoms with Gasteiger partial charge in [-0.05, 0) is 42.1 Å². The molecule has 0 spiro atoms. The highest BCUT2D eigenvalue weighted by atomic mass is 32.2. The first-order valence-electron chi connectivity index (χ1n) is 9.75. The number of rotatable bonds is 7. The molecule has 0 atom stereocenters. The smallest absolute Gasteiger partial charge is 0.272 e. The number of ether oxygens (including phenoxy) is 1. The summed E-state index contributed by atoms with van der Waals surface area (Å²) in [5.41, 5.74) is 2.44. The predicted molar refractivity (Wildman–Crippen MR) is 126 cm³/mol. The molecule has 0 unspecified atom stereocenters. The standard InChI is InChI=1S/C23H20FN3O3S2/c1-14-7-8-16(24)11-18(14)25-20(28)13-32-23-26-17-9-10-31-21(17)22(29)27(23)12-15-5-3-4-6-19(15)30-2/h3-11H,12-13H2,1-2H3,(H,25,28). The van der Waals surface area contributed by atoms with Crippen LogP contribution >= 0.6 is 23.1 Å². The molecule has 0 saturated heterocycles. The number of amides is 1. The molecule has 1 N–H and O–H groups in total. The maximum atomic E-state index is 13.5. The van der Waals surface area contributed by atoms with Crippen molar-refractivity contribution in [2.24, 2.45) is 0 Å². The van der Waals surface area contributed by atoms with Crippen LogP contribution in [0.25, 0.3) is 10.2 Å². The summed E-state index contributed by atoms with van der Waals surface area (Å²) in [6, 6.07) is 13.5. The van der Waals surface area contributed by atoms with E-state index in [-0.39, 0.29) is 23.8 Å². The van der Waals surface area contributed by atoms with Crippen molar-refractivity contribution in [1.29, 1.82) is 0 Å². The summed E-state index contributed by atoms with van der Waals surface area (Å²) in [6.07, 6.45) is 0. The highest BCUT2D eigenvalue weighted by Gasteiger charge is 2.16. The van der Waals surface area contributed by atoms with Crippen molar-refractivity contribution in [3.8, 4) is 5.75 Å². The molecule has 4 rings (SSSR count). The number of para-hydroxylation sites is 1. The Morgan fingerprint density at radius 1 is 1.25 bits per heavy atom. The van der Waals surface area contributed by atoms with Crippen molar-refractivity contribution in [3.63, 3.8) is 0 Å². The molecule has 0 aliphatic carbocycles. The molecule has 0 aliphatic heterocycles. The van der Waals surface area contributed by atoms with Gasteiger partial charge in [-0.1, -0.05) is 36.0 Å². The second kappa shape index (κ2) is 9.54. The average Bonchev–Trinajstić information content (AvgIpc) is 3.26. The van der Waals surface area contributed by atoms with E-state index in [2.05, 4.69) is 10.3 Å². The lowest BCUT2D eigenvalue weighted by Gasteiger charge is -2.14. The van der Waals surface area contributed by atoms with Crippen LogP contribution in [0.1, 0.15) is 11.1 Å². The summed E-state index contributed by atoms with van der Waals surface area (Å²) < 4.78 is 21.1. The van der Waals surface area contributed by atoms with Gasteiger partial charge in [0.05, 0.1) is 24.9 Å². The first-order chi connectivity index (χ1) is 15.5. The minimum Gasteiger partial charge on any atom is -0.496 e. The Kier molecular flexibility index (Phi) is 6.57. The number of hydrogen-bond acceptors (Lipinski definition) is 6. The SMILES string of the molecule is COc1ccccc1Cn1c(SCC(=O)Nc2cc(F)ccc2C)nc2ccsc2c1=O. The van der Waals surface area contributed by atoms with E-state index in [4.69, 9.17) is 4.74 Å². The number of aromatic nitrogens is 2. The maximum absolute atomic E-state index is 13.5. The molecule has 2 aromatic heterocycles. The van der Waals surface area contributed by atoms with Crippen LogP contribution in [0, 0.1) is 12.7 Å². The van der Waals surface area contributed by atoms with Gasteiger partial charge in [-0.3, -0.25) is 14.2 Å². The van der Waals surface area contributed by atoms with Crippen molar-refractivity contribution in [2.75, 3.05) is 18.2 Å². The molecule has 6 nitrogen and oxygen atoms in total. The molecule has 0 fully saturated rings. The van der Waals surface area contributed by atoms with Crippen LogP contribution in [0.2, 0.25) is 0 Å². The largest absolute Gasteiger partial charge is 0.496 e. The van der Waals surface area contributed by atoms with Gasteiger partial charge < -0.3 is 10.1 Å². The summed E-state index contributed by atoms with van der Waals surface area (Å²) in [6.45, 7) is 2.05. The summed E-state index contributed by atoms with van der Waals surface area (Å²) in [5.74, 6) is -0.0498. The molecule has 0 saturated carbocycles. The first kappa shape index (κ1) is 22.0. The van der Waals surface area contributed by atoms with Crippen LogP contribution in [0.15, 0.2) is 63.9 Å². The minimum atomic E-state index is -0.422. The number of hydrogen-bond donors (Lipinski definition) is 1. The highest BCUT2D eigenvalue weighted by Crippen LogP contribution is 2.25. The van der Waals surface area contributed by atoms with Crippen LogP contribution in [0.3, 0.4) is 0 Å². The van der Waals surface area contributed by atoms with Crippen molar-refractivity contribution in [2.45, 2.75) is 18.6 Å². The fourth-order valence-electron chi connectivity index (χ4n) is 3.22. The number of nitrogens with one attached hydrogen (secondary N) is 1. The van der Waals surface area contributed by atoms with Crippen molar-refractivity contribution >= 4 is 44.9 Å². The van der Waals surface area contributed by atoms with Gasteiger partial charge in [0.15, 0.2) is 5.16 Å². The third-order valence-electron chi connectivity index (χ3n) is 4.86. The van der Waals surface area contributed by atoms with Gasteiger partial charge in [0.2, 0.25) is 5.91 Å². The van der Waals surface area contributed by atoms with Gasteiger partial charge in [-0.2, -0.15) is 0 Å². The molecular formula is C23H20FN3O3S2. The van der Waals surface area contributed by atoms with E-state index in [0.29, 0.717) is 26.8 Å². The molecular weight excluding hydrogens is 449 g/mol. The zero-order chi connectivity index (χ0) is 22.7. The van der Waals surface area contributed by atoms with E-state index in [9.17, 15) is 14.0 Å². The molecule has 0 bridgehead atoms. The molecule has 0 radical (unpaired) electrons. The Morgan fingerprint density at radius 2 is 2.06 bits per heavy atom. The summed E-state index contributed by atoms with van der Waals surface area (Å²) in [5, 5.41) is 4.97. The molecule has 2 aromatic carbocycles. The third-order valence-corrected chi connectivity index (χ3v) is 6.73. The van der Waals surface area contributed by atoms with Crippen LogP contribution in [0.4, 0.5) is 10.1 Å². The van der Waals surface area contributed by atoms with Crippen LogP contribution in [-0.2, 0) is 11.3 Å². The predicted octanol–water partition coefficient (Wildman–Crippen LogP) is 4.69. The van der Waals surface area contributed by atoms with Gasteiger partial charge in [-0.15, -0.1) is 11.3 Å². The van der Waals surface area contributed by atoms with Crippen LogP contribution in [0.5, 0.6) is 5.75 Å². The number of halogens is 1.